The summed E-state index contributed by atoms with van der Waals surface area (Å²) in [5.41, 5.74) is 4.45. The van der Waals surface area contributed by atoms with Gasteiger partial charge in [0.25, 0.3) is 0 Å². The van der Waals surface area contributed by atoms with Gasteiger partial charge in [-0.1, -0.05) is 84.9 Å². The molecule has 2 heteroatoms. The van der Waals surface area contributed by atoms with Crippen LogP contribution in [0.5, 0.6) is 0 Å². The summed E-state index contributed by atoms with van der Waals surface area (Å²) in [7, 11) is 0. The highest BCUT2D eigenvalue weighted by Crippen LogP contribution is 2.33. The maximum Gasteiger partial charge on any atom is 0.0991 e. The lowest BCUT2D eigenvalue weighted by atomic mass is 10.1. The molecule has 0 heterocycles. The van der Waals surface area contributed by atoms with Gasteiger partial charge in [0.15, 0.2) is 0 Å². The van der Waals surface area contributed by atoms with Gasteiger partial charge in [-0.25, -0.2) is 0 Å². The van der Waals surface area contributed by atoms with Crippen molar-refractivity contribution < 1.29 is 0 Å². The van der Waals surface area contributed by atoms with Crippen LogP contribution in [0.15, 0.2) is 91.0 Å². The summed E-state index contributed by atoms with van der Waals surface area (Å²) in [6.45, 7) is 0. The molecule has 1 atom stereocenters. The highest BCUT2D eigenvalue weighted by Gasteiger charge is 2.08. The van der Waals surface area contributed by atoms with Gasteiger partial charge in [-0.3, -0.25) is 0 Å². The normalized spacial score (nSPS) is 12.0. The lowest BCUT2D eigenvalue weighted by molar-refractivity contribution is 1.22. The minimum Gasteiger partial charge on any atom is -0.192 e. The molecule has 1 nitrogen and oxygen atoms in total. The Balaban J connectivity index is 1.74. The van der Waals surface area contributed by atoms with Gasteiger partial charge < -0.3 is 0 Å². The Hall–Kier alpha value is -2.76. The Kier molecular flexibility index (Phi) is 6.09. The van der Waals surface area contributed by atoms with E-state index in [9.17, 15) is 0 Å². The number of thioether (sulfide) groups is 1. The molecule has 0 aliphatic rings. The first-order valence-electron chi connectivity index (χ1n) is 8.24. The topological polar surface area (TPSA) is 23.8 Å². The van der Waals surface area contributed by atoms with E-state index in [-0.39, 0.29) is 5.25 Å². The monoisotopic (exact) mass is 341 g/mol. The fourth-order valence-corrected chi connectivity index (χ4v) is 3.63. The van der Waals surface area contributed by atoms with Crippen molar-refractivity contribution in [3.63, 3.8) is 0 Å². The zero-order valence-electron chi connectivity index (χ0n) is 13.9. The number of benzene rings is 3. The first-order valence-corrected chi connectivity index (χ1v) is 9.29. The third kappa shape index (κ3) is 5.11. The summed E-state index contributed by atoms with van der Waals surface area (Å²) in [5, 5.41) is 9.20. The largest absolute Gasteiger partial charge is 0.192 e. The molecule has 1 unspecified atom stereocenters. The summed E-state index contributed by atoms with van der Waals surface area (Å²) in [6, 6.07) is 30.9. The van der Waals surface area contributed by atoms with Gasteiger partial charge in [0, 0.05) is 11.0 Å². The van der Waals surface area contributed by atoms with E-state index in [1.807, 2.05) is 48.2 Å². The second kappa shape index (κ2) is 8.92. The molecule has 0 fully saturated rings. The minimum atomic E-state index is 0.289. The molecule has 3 rings (SSSR count). The van der Waals surface area contributed by atoms with Crippen molar-refractivity contribution >= 4 is 17.8 Å². The minimum absolute atomic E-state index is 0.289. The Morgan fingerprint density at radius 3 is 2.12 bits per heavy atom. The molecule has 0 aliphatic heterocycles. The quantitative estimate of drug-likeness (QED) is 0.529. The van der Waals surface area contributed by atoms with Crippen LogP contribution < -0.4 is 0 Å². The zero-order chi connectivity index (χ0) is 17.3. The van der Waals surface area contributed by atoms with E-state index in [1.165, 1.54) is 16.7 Å². The number of nitrogens with zero attached hydrogens (tertiary/aromatic N) is 1. The fourth-order valence-electron chi connectivity index (χ4n) is 2.53. The lowest BCUT2D eigenvalue weighted by Gasteiger charge is -2.13. The standard InChI is InChI=1S/C23H19NS/c24-17-20-11-13-21(14-12-20)18-25-23(22-9-5-2-6-10-22)16-15-19-7-3-1-4-8-19/h1-16,23H,18H2. The van der Waals surface area contributed by atoms with Crippen LogP contribution in [0.25, 0.3) is 6.08 Å². The van der Waals surface area contributed by atoms with Gasteiger partial charge >= 0.3 is 0 Å². The van der Waals surface area contributed by atoms with Crippen molar-refractivity contribution in [1.29, 1.82) is 5.26 Å². The number of hydrogen-bond donors (Lipinski definition) is 0. The summed E-state index contributed by atoms with van der Waals surface area (Å²) in [4.78, 5) is 0. The molecule has 0 spiro atoms. The SMILES string of the molecule is N#Cc1ccc(CSC(C=Cc2ccccc2)c2ccccc2)cc1. The molecule has 0 bridgehead atoms. The first-order chi connectivity index (χ1) is 12.3. The highest BCUT2D eigenvalue weighted by molar-refractivity contribution is 7.98. The summed E-state index contributed by atoms with van der Waals surface area (Å²) >= 11 is 1.89. The highest BCUT2D eigenvalue weighted by atomic mass is 32.2. The molecule has 0 N–H and O–H groups in total. The third-order valence-corrected chi connectivity index (χ3v) is 5.19. The van der Waals surface area contributed by atoms with E-state index in [0.717, 1.165) is 5.75 Å². The van der Waals surface area contributed by atoms with Crippen molar-refractivity contribution in [2.24, 2.45) is 0 Å². The predicted octanol–water partition coefficient (Wildman–Crippen LogP) is 6.25. The van der Waals surface area contributed by atoms with Gasteiger partial charge in [0.1, 0.15) is 0 Å². The van der Waals surface area contributed by atoms with Crippen LogP contribution in [0.1, 0.15) is 27.5 Å². The van der Waals surface area contributed by atoms with Crippen molar-refractivity contribution in [1.82, 2.24) is 0 Å². The van der Waals surface area contributed by atoms with E-state index in [2.05, 4.69) is 66.8 Å². The Bertz CT molecular complexity index is 846. The maximum absolute atomic E-state index is 8.91. The zero-order valence-corrected chi connectivity index (χ0v) is 14.7. The van der Waals surface area contributed by atoms with Gasteiger partial charge in [-0.05, 0) is 28.8 Å². The van der Waals surface area contributed by atoms with Crippen LogP contribution in [0, 0.1) is 11.3 Å². The predicted molar refractivity (Wildman–Crippen MR) is 107 cm³/mol. The van der Waals surface area contributed by atoms with Crippen molar-refractivity contribution in [3.05, 3.63) is 113 Å². The second-order valence-electron chi connectivity index (χ2n) is 5.72. The Labute approximate surface area is 153 Å². The molecule has 3 aromatic rings. The maximum atomic E-state index is 8.91. The molecule has 122 valence electrons. The van der Waals surface area contributed by atoms with Crippen molar-refractivity contribution in [3.8, 4) is 6.07 Å². The summed E-state index contributed by atoms with van der Waals surface area (Å²) < 4.78 is 0. The van der Waals surface area contributed by atoms with Gasteiger partial charge in [0.05, 0.1) is 11.6 Å². The van der Waals surface area contributed by atoms with Gasteiger partial charge in [0.2, 0.25) is 0 Å². The van der Waals surface area contributed by atoms with Crippen molar-refractivity contribution in [2.45, 2.75) is 11.0 Å². The molecule has 0 radical (unpaired) electrons. The number of hydrogen-bond acceptors (Lipinski definition) is 2. The fraction of sp³-hybridized carbons (Fsp3) is 0.0870. The van der Waals surface area contributed by atoms with E-state index >= 15 is 0 Å². The average molecular weight is 341 g/mol. The van der Waals surface area contributed by atoms with Crippen LogP contribution in [0.4, 0.5) is 0 Å². The van der Waals surface area contributed by atoms with E-state index in [4.69, 9.17) is 5.26 Å². The molecule has 25 heavy (non-hydrogen) atoms. The molecular formula is C23H19NS. The van der Waals surface area contributed by atoms with Crippen LogP contribution in [0.3, 0.4) is 0 Å². The Morgan fingerprint density at radius 2 is 1.48 bits per heavy atom. The van der Waals surface area contributed by atoms with Gasteiger partial charge in [-0.15, -0.1) is 11.8 Å². The molecule has 0 amide bonds. The molecule has 0 aliphatic carbocycles. The van der Waals surface area contributed by atoms with Crippen LogP contribution >= 0.6 is 11.8 Å². The van der Waals surface area contributed by atoms with Crippen LogP contribution in [-0.4, -0.2) is 0 Å². The molecule has 3 aromatic carbocycles. The lowest BCUT2D eigenvalue weighted by Crippen LogP contribution is -1.92. The average Bonchev–Trinajstić information content (AvgIpc) is 2.70. The van der Waals surface area contributed by atoms with E-state index in [1.54, 1.807) is 0 Å². The van der Waals surface area contributed by atoms with Crippen LogP contribution in [-0.2, 0) is 5.75 Å². The second-order valence-corrected chi connectivity index (χ2v) is 6.85. The molecule has 0 saturated carbocycles. The van der Waals surface area contributed by atoms with E-state index in [0.29, 0.717) is 5.56 Å². The van der Waals surface area contributed by atoms with Crippen LogP contribution in [0.2, 0.25) is 0 Å². The molecule has 0 aromatic heterocycles. The molecular weight excluding hydrogens is 322 g/mol. The number of rotatable bonds is 6. The van der Waals surface area contributed by atoms with Crippen molar-refractivity contribution in [2.75, 3.05) is 0 Å². The third-order valence-electron chi connectivity index (χ3n) is 3.90. The van der Waals surface area contributed by atoms with E-state index < -0.39 is 0 Å². The summed E-state index contributed by atoms with van der Waals surface area (Å²) in [6.07, 6.45) is 4.45. The Morgan fingerprint density at radius 1 is 0.840 bits per heavy atom. The summed E-state index contributed by atoms with van der Waals surface area (Å²) in [5.74, 6) is 0.907. The first kappa shape index (κ1) is 17.1. The van der Waals surface area contributed by atoms with Gasteiger partial charge in [-0.2, -0.15) is 5.26 Å². The molecule has 0 saturated heterocycles. The number of nitriles is 1. The smallest absolute Gasteiger partial charge is 0.0991 e.